The zero-order valence-electron chi connectivity index (χ0n) is 9.68. The van der Waals surface area contributed by atoms with Crippen molar-refractivity contribution in [2.45, 2.75) is 38.6 Å². The third kappa shape index (κ3) is 3.22. The van der Waals surface area contributed by atoms with E-state index in [4.69, 9.17) is 11.6 Å². The number of thiophene rings is 1. The Hall–Kier alpha value is -0.0500. The predicted molar refractivity (Wildman–Crippen MR) is 72.3 cm³/mol. The fraction of sp³-hybridized carbons (Fsp3) is 0.692. The van der Waals surface area contributed by atoms with Crippen LogP contribution in [0.5, 0.6) is 0 Å². The van der Waals surface area contributed by atoms with Gasteiger partial charge in [-0.15, -0.1) is 22.9 Å². The first-order valence-electron chi connectivity index (χ1n) is 6.14. The summed E-state index contributed by atoms with van der Waals surface area (Å²) in [5, 5.41) is 5.71. The Morgan fingerprint density at radius 3 is 2.75 bits per heavy atom. The lowest BCUT2D eigenvalue weighted by Gasteiger charge is -2.35. The highest BCUT2D eigenvalue weighted by molar-refractivity contribution is 7.09. The minimum atomic E-state index is 0.372. The summed E-state index contributed by atoms with van der Waals surface area (Å²) < 4.78 is 0. The minimum Gasteiger partial charge on any atom is -0.311 e. The van der Waals surface area contributed by atoms with E-state index in [1.807, 2.05) is 11.3 Å². The molecule has 1 aliphatic rings. The molecule has 1 N–H and O–H groups in total. The van der Waals surface area contributed by atoms with Gasteiger partial charge in [0.2, 0.25) is 0 Å². The van der Waals surface area contributed by atoms with Crippen LogP contribution in [0.2, 0.25) is 0 Å². The average molecular weight is 258 g/mol. The van der Waals surface area contributed by atoms with Crippen LogP contribution in [0.3, 0.4) is 0 Å². The maximum absolute atomic E-state index is 6.16. The van der Waals surface area contributed by atoms with E-state index in [0.29, 0.717) is 5.41 Å². The van der Waals surface area contributed by atoms with Crippen LogP contribution >= 0.6 is 22.9 Å². The molecule has 16 heavy (non-hydrogen) atoms. The fourth-order valence-electron chi connectivity index (χ4n) is 2.52. The average Bonchev–Trinajstić information content (AvgIpc) is 2.83. The van der Waals surface area contributed by atoms with Gasteiger partial charge in [-0.25, -0.2) is 0 Å². The number of nitrogens with one attached hydrogen (secondary N) is 1. The summed E-state index contributed by atoms with van der Waals surface area (Å²) in [5.41, 5.74) is 0.372. The highest BCUT2D eigenvalue weighted by Crippen LogP contribution is 2.36. The molecule has 0 aliphatic heterocycles. The normalized spacial score (nSPS) is 19.8. The van der Waals surface area contributed by atoms with Gasteiger partial charge >= 0.3 is 0 Å². The quantitative estimate of drug-likeness (QED) is 0.786. The van der Waals surface area contributed by atoms with E-state index in [1.54, 1.807) is 0 Å². The highest BCUT2D eigenvalue weighted by Gasteiger charge is 2.30. The molecule has 0 atom stereocenters. The van der Waals surface area contributed by atoms with Crippen molar-refractivity contribution >= 4 is 22.9 Å². The van der Waals surface area contributed by atoms with E-state index >= 15 is 0 Å². The maximum Gasteiger partial charge on any atom is 0.0299 e. The Bertz CT molecular complexity index is 291. The summed E-state index contributed by atoms with van der Waals surface area (Å²) in [7, 11) is 0. The SMILES string of the molecule is ClCC1(CNCc2cccs2)CCCCC1. The van der Waals surface area contributed by atoms with Gasteiger partial charge in [0, 0.05) is 23.8 Å². The van der Waals surface area contributed by atoms with Gasteiger partial charge in [-0.1, -0.05) is 25.3 Å². The maximum atomic E-state index is 6.16. The summed E-state index contributed by atoms with van der Waals surface area (Å²) in [6, 6.07) is 4.30. The summed E-state index contributed by atoms with van der Waals surface area (Å²) in [5.74, 6) is 0.810. The van der Waals surface area contributed by atoms with Crippen molar-refractivity contribution in [1.82, 2.24) is 5.32 Å². The number of hydrogen-bond donors (Lipinski definition) is 1. The third-order valence-electron chi connectivity index (χ3n) is 3.58. The standard InChI is InChI=1S/C13H20ClNS/c14-10-13(6-2-1-3-7-13)11-15-9-12-5-4-8-16-12/h4-5,8,15H,1-3,6-7,9-11H2. The molecule has 90 valence electrons. The van der Waals surface area contributed by atoms with Gasteiger partial charge in [0.15, 0.2) is 0 Å². The molecule has 1 saturated carbocycles. The third-order valence-corrected chi connectivity index (χ3v) is 5.02. The zero-order chi connectivity index (χ0) is 11.3. The molecule has 1 aromatic heterocycles. The summed E-state index contributed by atoms with van der Waals surface area (Å²) >= 11 is 7.98. The van der Waals surface area contributed by atoms with Crippen molar-refractivity contribution in [1.29, 1.82) is 0 Å². The van der Waals surface area contributed by atoms with Gasteiger partial charge in [0.05, 0.1) is 0 Å². The van der Waals surface area contributed by atoms with Crippen LogP contribution in [-0.2, 0) is 6.54 Å². The molecule has 0 spiro atoms. The van der Waals surface area contributed by atoms with Crippen LogP contribution < -0.4 is 5.32 Å². The van der Waals surface area contributed by atoms with Crippen LogP contribution in [0, 0.1) is 5.41 Å². The molecule has 3 heteroatoms. The Morgan fingerprint density at radius 1 is 1.31 bits per heavy atom. The lowest BCUT2D eigenvalue weighted by atomic mass is 9.75. The molecule has 1 aromatic rings. The second-order valence-corrected chi connectivity index (χ2v) is 6.18. The first kappa shape index (κ1) is 12.4. The first-order valence-corrected chi connectivity index (χ1v) is 7.55. The second kappa shape index (κ2) is 6.04. The molecule has 2 rings (SSSR count). The molecule has 0 amide bonds. The second-order valence-electron chi connectivity index (χ2n) is 4.88. The summed E-state index contributed by atoms with van der Waals surface area (Å²) in [6.45, 7) is 2.07. The molecule has 0 aromatic carbocycles. The van der Waals surface area contributed by atoms with E-state index in [9.17, 15) is 0 Å². The van der Waals surface area contributed by atoms with Crippen molar-refractivity contribution < 1.29 is 0 Å². The molecule has 0 radical (unpaired) electrons. The lowest BCUT2D eigenvalue weighted by molar-refractivity contribution is 0.212. The van der Waals surface area contributed by atoms with Crippen molar-refractivity contribution in [2.75, 3.05) is 12.4 Å². The van der Waals surface area contributed by atoms with Gasteiger partial charge in [0.25, 0.3) is 0 Å². The molecule has 0 bridgehead atoms. The summed E-state index contributed by atoms with van der Waals surface area (Å²) in [6.07, 6.45) is 6.70. The van der Waals surface area contributed by atoms with Crippen LogP contribution in [0.25, 0.3) is 0 Å². The topological polar surface area (TPSA) is 12.0 Å². The zero-order valence-corrected chi connectivity index (χ0v) is 11.2. The Kier molecular flexibility index (Phi) is 4.68. The molecule has 1 heterocycles. The van der Waals surface area contributed by atoms with Gasteiger partial charge in [-0.05, 0) is 29.7 Å². The van der Waals surface area contributed by atoms with E-state index < -0.39 is 0 Å². The minimum absolute atomic E-state index is 0.372. The molecule has 0 unspecified atom stereocenters. The Morgan fingerprint density at radius 2 is 2.12 bits per heavy atom. The van der Waals surface area contributed by atoms with Gasteiger partial charge in [-0.2, -0.15) is 0 Å². The van der Waals surface area contributed by atoms with Gasteiger partial charge in [-0.3, -0.25) is 0 Å². The Balaban J connectivity index is 1.78. The largest absolute Gasteiger partial charge is 0.311 e. The van der Waals surface area contributed by atoms with E-state index in [2.05, 4.69) is 22.8 Å². The molecule has 1 nitrogen and oxygen atoms in total. The van der Waals surface area contributed by atoms with Gasteiger partial charge in [0.1, 0.15) is 0 Å². The number of alkyl halides is 1. The monoisotopic (exact) mass is 257 g/mol. The molecule has 1 aliphatic carbocycles. The highest BCUT2D eigenvalue weighted by atomic mass is 35.5. The Labute approximate surface area is 107 Å². The molecule has 1 fully saturated rings. The van der Waals surface area contributed by atoms with Crippen LogP contribution in [0.1, 0.15) is 37.0 Å². The smallest absolute Gasteiger partial charge is 0.0299 e. The van der Waals surface area contributed by atoms with Crippen molar-refractivity contribution in [3.8, 4) is 0 Å². The van der Waals surface area contributed by atoms with E-state index in [0.717, 1.165) is 19.0 Å². The predicted octanol–water partition coefficient (Wildman–Crippen LogP) is 4.03. The summed E-state index contributed by atoms with van der Waals surface area (Å²) in [4.78, 5) is 1.42. The van der Waals surface area contributed by atoms with Crippen molar-refractivity contribution in [2.24, 2.45) is 5.41 Å². The van der Waals surface area contributed by atoms with Gasteiger partial charge < -0.3 is 5.32 Å². The van der Waals surface area contributed by atoms with E-state index in [-0.39, 0.29) is 0 Å². The van der Waals surface area contributed by atoms with Crippen LogP contribution in [0.4, 0.5) is 0 Å². The number of hydrogen-bond acceptors (Lipinski definition) is 2. The molecular weight excluding hydrogens is 238 g/mol. The number of halogens is 1. The molecular formula is C13H20ClNS. The fourth-order valence-corrected chi connectivity index (χ4v) is 3.56. The van der Waals surface area contributed by atoms with Crippen LogP contribution in [0.15, 0.2) is 17.5 Å². The molecule has 0 saturated heterocycles. The first-order chi connectivity index (χ1) is 7.85. The lowest BCUT2D eigenvalue weighted by Crippen LogP contribution is -2.37. The number of rotatable bonds is 5. The van der Waals surface area contributed by atoms with Crippen LogP contribution in [-0.4, -0.2) is 12.4 Å². The van der Waals surface area contributed by atoms with Crippen molar-refractivity contribution in [3.05, 3.63) is 22.4 Å². The van der Waals surface area contributed by atoms with Crippen molar-refractivity contribution in [3.63, 3.8) is 0 Å². The van der Waals surface area contributed by atoms with E-state index in [1.165, 1.54) is 37.0 Å².